The predicted octanol–water partition coefficient (Wildman–Crippen LogP) is 3.31. The van der Waals surface area contributed by atoms with E-state index < -0.39 is 0 Å². The zero-order chi connectivity index (χ0) is 17.5. The molecular weight excluding hydrogens is 302 g/mol. The molecule has 4 N–H and O–H groups in total. The Morgan fingerprint density at radius 3 is 2.46 bits per heavy atom. The monoisotopic (exact) mass is 325 g/mol. The average molecular weight is 325 g/mol. The first-order valence-electron chi connectivity index (χ1n) is 7.98. The molecule has 0 radical (unpaired) electrons. The molecule has 5 heteroatoms. The normalized spacial score (nSPS) is 11.6. The van der Waals surface area contributed by atoms with Gasteiger partial charge in [0.05, 0.1) is 0 Å². The van der Waals surface area contributed by atoms with Crippen LogP contribution in [-0.4, -0.2) is 17.9 Å². The van der Waals surface area contributed by atoms with Crippen molar-refractivity contribution in [2.24, 2.45) is 5.73 Å². The third-order valence-corrected chi connectivity index (χ3v) is 3.63. The maximum Gasteiger partial charge on any atom is 0.255 e. The lowest BCUT2D eigenvalue weighted by Gasteiger charge is -2.12. The highest BCUT2D eigenvalue weighted by Gasteiger charge is 2.11. The molecule has 0 aromatic heterocycles. The number of anilines is 2. The molecule has 0 aliphatic carbocycles. The minimum atomic E-state index is -0.215. The number of para-hydroxylation sites is 1. The van der Waals surface area contributed by atoms with E-state index in [9.17, 15) is 9.59 Å². The van der Waals surface area contributed by atoms with Gasteiger partial charge in [-0.05, 0) is 50.1 Å². The number of carbonyl (C=O) groups excluding carboxylic acids is 2. The zero-order valence-corrected chi connectivity index (χ0v) is 14.0. The second kappa shape index (κ2) is 8.26. The van der Waals surface area contributed by atoms with Gasteiger partial charge in [0, 0.05) is 29.4 Å². The zero-order valence-electron chi connectivity index (χ0n) is 14.0. The molecule has 126 valence electrons. The van der Waals surface area contributed by atoms with Gasteiger partial charge in [0.1, 0.15) is 0 Å². The molecule has 1 unspecified atom stereocenters. The van der Waals surface area contributed by atoms with Crippen molar-refractivity contribution >= 4 is 23.2 Å². The predicted molar refractivity (Wildman–Crippen MR) is 97.1 cm³/mol. The van der Waals surface area contributed by atoms with Crippen LogP contribution in [0.4, 0.5) is 11.4 Å². The van der Waals surface area contributed by atoms with Crippen LogP contribution in [0.3, 0.4) is 0 Å². The molecule has 2 aromatic carbocycles. The maximum atomic E-state index is 12.3. The highest BCUT2D eigenvalue weighted by Crippen LogP contribution is 2.19. The fourth-order valence-corrected chi connectivity index (χ4v) is 2.19. The van der Waals surface area contributed by atoms with Crippen molar-refractivity contribution in [3.63, 3.8) is 0 Å². The molecule has 0 bridgehead atoms. The smallest absolute Gasteiger partial charge is 0.255 e. The number of amides is 2. The lowest BCUT2D eigenvalue weighted by Crippen LogP contribution is -2.20. The fraction of sp³-hybridized carbons (Fsp3) is 0.263. The molecule has 2 aromatic rings. The number of rotatable bonds is 6. The van der Waals surface area contributed by atoms with E-state index in [0.29, 0.717) is 24.1 Å². The molecule has 0 aliphatic heterocycles. The van der Waals surface area contributed by atoms with Gasteiger partial charge in [-0.2, -0.15) is 0 Å². The summed E-state index contributed by atoms with van der Waals surface area (Å²) in [6.45, 7) is 3.76. The quantitative estimate of drug-likeness (QED) is 0.762. The van der Waals surface area contributed by atoms with E-state index in [1.807, 2.05) is 50.2 Å². The van der Waals surface area contributed by atoms with E-state index >= 15 is 0 Å². The van der Waals surface area contributed by atoms with Crippen molar-refractivity contribution in [3.05, 3.63) is 59.7 Å². The minimum Gasteiger partial charge on any atom is -0.328 e. The van der Waals surface area contributed by atoms with E-state index in [4.69, 9.17) is 5.73 Å². The number of nitrogens with one attached hydrogen (secondary N) is 2. The lowest BCUT2D eigenvalue weighted by atomic mass is 10.1. The molecular formula is C19H23N3O2. The summed E-state index contributed by atoms with van der Waals surface area (Å²) in [5.41, 5.74) is 8.44. The van der Waals surface area contributed by atoms with Crippen LogP contribution in [0.2, 0.25) is 0 Å². The van der Waals surface area contributed by atoms with Crippen LogP contribution in [0.5, 0.6) is 0 Å². The van der Waals surface area contributed by atoms with Crippen molar-refractivity contribution < 1.29 is 9.59 Å². The second-order valence-corrected chi connectivity index (χ2v) is 5.91. The van der Waals surface area contributed by atoms with Crippen molar-refractivity contribution in [2.45, 2.75) is 32.7 Å². The van der Waals surface area contributed by atoms with Gasteiger partial charge in [0.2, 0.25) is 5.91 Å². The molecule has 0 fully saturated rings. The van der Waals surface area contributed by atoms with Crippen molar-refractivity contribution in [3.8, 4) is 0 Å². The van der Waals surface area contributed by atoms with Gasteiger partial charge < -0.3 is 16.4 Å². The van der Waals surface area contributed by atoms with Crippen LogP contribution in [0, 0.1) is 6.92 Å². The van der Waals surface area contributed by atoms with Gasteiger partial charge in [-0.15, -0.1) is 0 Å². The SMILES string of the molecule is Cc1ccc(C(=O)Nc2ccccc2)cc1NC(=O)CCC(C)N. The highest BCUT2D eigenvalue weighted by atomic mass is 16.2. The summed E-state index contributed by atoms with van der Waals surface area (Å²) in [6, 6.07) is 14.5. The van der Waals surface area contributed by atoms with Crippen molar-refractivity contribution in [2.75, 3.05) is 10.6 Å². The number of hydrogen-bond acceptors (Lipinski definition) is 3. The lowest BCUT2D eigenvalue weighted by molar-refractivity contribution is -0.116. The summed E-state index contributed by atoms with van der Waals surface area (Å²) in [5, 5.41) is 5.68. The van der Waals surface area contributed by atoms with E-state index in [2.05, 4.69) is 10.6 Å². The Morgan fingerprint density at radius 1 is 1.08 bits per heavy atom. The maximum absolute atomic E-state index is 12.3. The van der Waals surface area contributed by atoms with E-state index in [1.54, 1.807) is 12.1 Å². The van der Waals surface area contributed by atoms with Gasteiger partial charge in [-0.1, -0.05) is 24.3 Å². The van der Waals surface area contributed by atoms with E-state index in [-0.39, 0.29) is 17.9 Å². The van der Waals surface area contributed by atoms with Crippen LogP contribution in [-0.2, 0) is 4.79 Å². The molecule has 1 atom stereocenters. The average Bonchev–Trinajstić information content (AvgIpc) is 2.56. The summed E-state index contributed by atoms with van der Waals surface area (Å²) in [6.07, 6.45) is 0.983. The van der Waals surface area contributed by atoms with Crippen LogP contribution < -0.4 is 16.4 Å². The van der Waals surface area contributed by atoms with Gasteiger partial charge >= 0.3 is 0 Å². The Balaban J connectivity index is 2.07. The second-order valence-electron chi connectivity index (χ2n) is 5.91. The first-order valence-corrected chi connectivity index (χ1v) is 7.98. The first-order chi connectivity index (χ1) is 11.5. The Hall–Kier alpha value is -2.66. The molecule has 5 nitrogen and oxygen atoms in total. The Bertz CT molecular complexity index is 712. The van der Waals surface area contributed by atoms with Gasteiger partial charge in [-0.25, -0.2) is 0 Å². The van der Waals surface area contributed by atoms with Crippen LogP contribution in [0.15, 0.2) is 48.5 Å². The largest absolute Gasteiger partial charge is 0.328 e. The van der Waals surface area contributed by atoms with Crippen LogP contribution in [0.1, 0.15) is 35.7 Å². The van der Waals surface area contributed by atoms with Crippen molar-refractivity contribution in [1.82, 2.24) is 0 Å². The number of carbonyl (C=O) groups is 2. The Kier molecular flexibility index (Phi) is 6.09. The molecule has 2 amide bonds. The molecule has 0 saturated heterocycles. The molecule has 2 rings (SSSR count). The van der Waals surface area contributed by atoms with E-state index in [0.717, 1.165) is 11.3 Å². The minimum absolute atomic E-state index is 0.0140. The summed E-state index contributed by atoms with van der Waals surface area (Å²) in [4.78, 5) is 24.3. The third-order valence-electron chi connectivity index (χ3n) is 3.63. The van der Waals surface area contributed by atoms with Crippen molar-refractivity contribution in [1.29, 1.82) is 0 Å². The van der Waals surface area contributed by atoms with Crippen LogP contribution >= 0.6 is 0 Å². The number of benzene rings is 2. The summed E-state index contributed by atoms with van der Waals surface area (Å²) < 4.78 is 0. The number of aryl methyl sites for hydroxylation is 1. The van der Waals surface area contributed by atoms with Crippen LogP contribution in [0.25, 0.3) is 0 Å². The van der Waals surface area contributed by atoms with Gasteiger partial charge in [-0.3, -0.25) is 9.59 Å². The molecule has 0 aliphatic rings. The topological polar surface area (TPSA) is 84.2 Å². The number of hydrogen-bond donors (Lipinski definition) is 3. The van der Waals surface area contributed by atoms with E-state index in [1.165, 1.54) is 0 Å². The third kappa shape index (κ3) is 5.21. The first kappa shape index (κ1) is 17.7. The Labute approximate surface area is 142 Å². The standard InChI is InChI=1S/C19H23N3O2/c1-13-8-10-15(19(24)21-16-6-4-3-5-7-16)12-17(13)22-18(23)11-9-14(2)20/h3-8,10,12,14H,9,11,20H2,1-2H3,(H,21,24)(H,22,23). The molecule has 0 heterocycles. The molecule has 0 saturated carbocycles. The number of nitrogens with two attached hydrogens (primary N) is 1. The summed E-state index contributed by atoms with van der Waals surface area (Å²) in [7, 11) is 0. The molecule has 0 spiro atoms. The summed E-state index contributed by atoms with van der Waals surface area (Å²) in [5.74, 6) is -0.316. The fourth-order valence-electron chi connectivity index (χ4n) is 2.19. The highest BCUT2D eigenvalue weighted by molar-refractivity contribution is 6.05. The van der Waals surface area contributed by atoms with Gasteiger partial charge in [0.25, 0.3) is 5.91 Å². The summed E-state index contributed by atoms with van der Waals surface area (Å²) >= 11 is 0. The Morgan fingerprint density at radius 2 is 1.79 bits per heavy atom. The molecule has 24 heavy (non-hydrogen) atoms. The van der Waals surface area contributed by atoms with Gasteiger partial charge in [0.15, 0.2) is 0 Å².